The van der Waals surface area contributed by atoms with Crippen LogP contribution in [0.5, 0.6) is 0 Å². The highest BCUT2D eigenvalue weighted by Crippen LogP contribution is 2.31. The molecule has 176 valence electrons. The van der Waals surface area contributed by atoms with Gasteiger partial charge in [0.1, 0.15) is 16.4 Å². The number of furan rings is 1. The van der Waals surface area contributed by atoms with Crippen molar-refractivity contribution in [3.63, 3.8) is 0 Å². The predicted molar refractivity (Wildman–Crippen MR) is 132 cm³/mol. The summed E-state index contributed by atoms with van der Waals surface area (Å²) in [7, 11) is -3.84. The number of nitrogens with zero attached hydrogens (tertiary/aromatic N) is 1. The van der Waals surface area contributed by atoms with Gasteiger partial charge in [0.2, 0.25) is 0 Å². The van der Waals surface area contributed by atoms with Crippen molar-refractivity contribution in [2.24, 2.45) is 0 Å². The number of sulfone groups is 1. The molecule has 0 aliphatic heterocycles. The lowest BCUT2D eigenvalue weighted by atomic mass is 10.2. The molecule has 0 spiro atoms. The van der Waals surface area contributed by atoms with Crippen molar-refractivity contribution in [1.82, 2.24) is 5.32 Å². The number of halogens is 2. The van der Waals surface area contributed by atoms with E-state index in [2.05, 4.69) is 42.3 Å². The van der Waals surface area contributed by atoms with Gasteiger partial charge in [0, 0.05) is 25.3 Å². The maximum absolute atomic E-state index is 12.7. The second-order valence-electron chi connectivity index (χ2n) is 7.60. The molecule has 0 fully saturated rings. The topological polar surface area (TPSA) is 79.6 Å². The first-order valence-corrected chi connectivity index (χ1v) is 13.0. The van der Waals surface area contributed by atoms with Gasteiger partial charge in [0.25, 0.3) is 5.91 Å². The smallest absolute Gasteiger partial charge is 0.286 e. The Morgan fingerprint density at radius 2 is 1.76 bits per heavy atom. The van der Waals surface area contributed by atoms with Crippen molar-refractivity contribution in [2.75, 3.05) is 24.5 Å². The fourth-order valence-corrected chi connectivity index (χ4v) is 5.98. The van der Waals surface area contributed by atoms with Crippen molar-refractivity contribution >= 4 is 44.6 Å². The molecule has 1 heterocycles. The average Bonchev–Trinajstić information content (AvgIpc) is 3.21. The average molecular weight is 509 g/mol. The second-order valence-corrected chi connectivity index (χ2v) is 10.3. The summed E-state index contributed by atoms with van der Waals surface area (Å²) >= 11 is 12.0. The van der Waals surface area contributed by atoms with E-state index in [0.29, 0.717) is 6.54 Å². The number of anilines is 1. The van der Waals surface area contributed by atoms with E-state index < -0.39 is 21.5 Å². The van der Waals surface area contributed by atoms with Crippen LogP contribution in [0.4, 0.5) is 5.69 Å². The lowest BCUT2D eigenvalue weighted by Crippen LogP contribution is -2.29. The zero-order valence-corrected chi connectivity index (χ0v) is 20.8. The van der Waals surface area contributed by atoms with Gasteiger partial charge < -0.3 is 14.6 Å². The molecule has 0 atom stereocenters. The molecule has 6 nitrogen and oxygen atoms in total. The number of carbonyl (C=O) groups is 1. The lowest BCUT2D eigenvalue weighted by Gasteiger charge is -2.23. The summed E-state index contributed by atoms with van der Waals surface area (Å²) in [5.41, 5.74) is 2.35. The van der Waals surface area contributed by atoms with Gasteiger partial charge in [-0.25, -0.2) is 8.42 Å². The van der Waals surface area contributed by atoms with Crippen molar-refractivity contribution < 1.29 is 17.6 Å². The van der Waals surface area contributed by atoms with E-state index in [4.69, 9.17) is 27.6 Å². The molecule has 0 unspecified atom stereocenters. The number of rotatable bonds is 10. The van der Waals surface area contributed by atoms with E-state index in [1.54, 1.807) is 6.07 Å². The highest BCUT2D eigenvalue weighted by molar-refractivity contribution is 7.90. The molecular weight excluding hydrogens is 483 g/mol. The van der Waals surface area contributed by atoms with Crippen molar-refractivity contribution in [3.05, 3.63) is 81.7 Å². The molecule has 0 radical (unpaired) electrons. The van der Waals surface area contributed by atoms with Crippen LogP contribution >= 0.6 is 23.2 Å². The van der Waals surface area contributed by atoms with Crippen LogP contribution in [0.2, 0.25) is 10.0 Å². The summed E-state index contributed by atoms with van der Waals surface area (Å²) in [5.74, 6) is -0.664. The first kappa shape index (κ1) is 25.1. The Hall–Kier alpha value is -2.48. The molecule has 33 heavy (non-hydrogen) atoms. The van der Waals surface area contributed by atoms with E-state index in [1.807, 2.05) is 6.07 Å². The first-order chi connectivity index (χ1) is 15.7. The van der Waals surface area contributed by atoms with Gasteiger partial charge in [-0.2, -0.15) is 0 Å². The van der Waals surface area contributed by atoms with Crippen LogP contribution in [0.25, 0.3) is 0 Å². The third-order valence-corrected chi connectivity index (χ3v) is 7.67. The van der Waals surface area contributed by atoms with Gasteiger partial charge in [0.15, 0.2) is 15.6 Å². The van der Waals surface area contributed by atoms with E-state index in [0.717, 1.165) is 25.2 Å². The number of hydrogen-bond donors (Lipinski definition) is 1. The van der Waals surface area contributed by atoms with Gasteiger partial charge in [-0.15, -0.1) is 0 Å². The summed E-state index contributed by atoms with van der Waals surface area (Å²) in [6, 6.07) is 15.7. The minimum atomic E-state index is -3.84. The predicted octanol–water partition coefficient (Wildman–Crippen LogP) is 5.52. The van der Waals surface area contributed by atoms with Crippen LogP contribution in [0.3, 0.4) is 0 Å². The summed E-state index contributed by atoms with van der Waals surface area (Å²) in [6.07, 6.45) is 0.750. The fraction of sp³-hybridized carbons (Fsp3) is 0.292. The van der Waals surface area contributed by atoms with Crippen LogP contribution < -0.4 is 10.2 Å². The molecule has 0 saturated carbocycles. The van der Waals surface area contributed by atoms with Crippen molar-refractivity contribution in [2.45, 2.75) is 30.9 Å². The van der Waals surface area contributed by atoms with Gasteiger partial charge in [-0.05, 0) is 62.2 Å². The van der Waals surface area contributed by atoms with E-state index in [-0.39, 0.29) is 26.5 Å². The molecule has 2 aromatic carbocycles. The Kier molecular flexibility index (Phi) is 8.46. The van der Waals surface area contributed by atoms with Gasteiger partial charge >= 0.3 is 0 Å². The van der Waals surface area contributed by atoms with Crippen LogP contribution in [0.15, 0.2) is 63.9 Å². The number of hydrogen-bond acceptors (Lipinski definition) is 5. The van der Waals surface area contributed by atoms with E-state index in [9.17, 15) is 13.2 Å². The molecule has 0 saturated heterocycles. The molecule has 0 aliphatic rings. The minimum absolute atomic E-state index is 0.0406. The maximum atomic E-state index is 12.7. The lowest BCUT2D eigenvalue weighted by molar-refractivity contribution is 0.0924. The number of nitrogens with one attached hydrogen (secondary N) is 1. The van der Waals surface area contributed by atoms with E-state index >= 15 is 0 Å². The SMILES string of the molecule is CCN(CCCNC(=O)c1ccc(CS(=O)(=O)c2c(Cl)cccc2Cl)o1)c1cccc(C)c1. The van der Waals surface area contributed by atoms with Crippen LogP contribution in [-0.2, 0) is 15.6 Å². The van der Waals surface area contributed by atoms with Crippen molar-refractivity contribution in [1.29, 1.82) is 0 Å². The number of benzene rings is 2. The summed E-state index contributed by atoms with van der Waals surface area (Å²) < 4.78 is 30.9. The molecule has 0 aliphatic carbocycles. The Bertz CT molecular complexity index is 1200. The second kappa shape index (κ2) is 11.1. The zero-order chi connectivity index (χ0) is 24.0. The molecule has 3 rings (SSSR count). The standard InChI is InChI=1S/C24H26Cl2N2O4S/c1-3-28(18-8-4-7-17(2)15-18)14-6-13-27-24(29)22-12-11-19(32-22)16-33(30,31)23-20(25)9-5-10-21(23)26/h4-5,7-12,15H,3,6,13-14,16H2,1-2H3,(H,27,29). The fourth-order valence-electron chi connectivity index (χ4n) is 3.47. The quantitative estimate of drug-likeness (QED) is 0.365. The van der Waals surface area contributed by atoms with Crippen LogP contribution in [0, 0.1) is 6.92 Å². The van der Waals surface area contributed by atoms with Gasteiger partial charge in [0.05, 0.1) is 10.0 Å². The Morgan fingerprint density at radius 3 is 2.42 bits per heavy atom. The molecule has 9 heteroatoms. The summed E-state index contributed by atoms with van der Waals surface area (Å²) in [6.45, 7) is 6.27. The Morgan fingerprint density at radius 1 is 1.06 bits per heavy atom. The highest BCUT2D eigenvalue weighted by atomic mass is 35.5. The maximum Gasteiger partial charge on any atom is 0.286 e. The number of amides is 1. The molecule has 1 amide bonds. The van der Waals surface area contributed by atoms with Crippen LogP contribution in [0.1, 0.15) is 35.2 Å². The molecule has 1 aromatic heterocycles. The van der Waals surface area contributed by atoms with Crippen LogP contribution in [-0.4, -0.2) is 34.0 Å². The Labute approximate surface area is 204 Å². The van der Waals surface area contributed by atoms with Crippen molar-refractivity contribution in [3.8, 4) is 0 Å². The van der Waals surface area contributed by atoms with E-state index in [1.165, 1.54) is 29.8 Å². The molecule has 3 aromatic rings. The highest BCUT2D eigenvalue weighted by Gasteiger charge is 2.24. The van der Waals surface area contributed by atoms with Gasteiger partial charge in [-0.1, -0.05) is 41.4 Å². The number of carbonyl (C=O) groups excluding carboxylic acids is 1. The summed E-state index contributed by atoms with van der Waals surface area (Å²) in [5, 5.41) is 2.90. The third kappa shape index (κ3) is 6.53. The third-order valence-electron chi connectivity index (χ3n) is 5.09. The first-order valence-electron chi connectivity index (χ1n) is 10.6. The number of aryl methyl sites for hydroxylation is 1. The van der Waals surface area contributed by atoms with Gasteiger partial charge in [-0.3, -0.25) is 4.79 Å². The molecule has 0 bridgehead atoms. The molecule has 1 N–H and O–H groups in total. The normalized spacial score (nSPS) is 11.4. The zero-order valence-electron chi connectivity index (χ0n) is 18.5. The largest absolute Gasteiger partial charge is 0.455 e. The Balaban J connectivity index is 1.54. The molecular formula is C24H26Cl2N2O4S. The monoisotopic (exact) mass is 508 g/mol. The minimum Gasteiger partial charge on any atom is -0.455 e. The summed E-state index contributed by atoms with van der Waals surface area (Å²) in [4.78, 5) is 14.5.